The maximum absolute atomic E-state index is 5.79. The predicted molar refractivity (Wildman–Crippen MR) is 63.8 cm³/mol. The first-order valence-corrected chi connectivity index (χ1v) is 5.78. The minimum Gasteiger partial charge on any atom is -0.376 e. The first-order valence-electron chi connectivity index (χ1n) is 5.40. The Bertz CT molecular complexity index is 399. The summed E-state index contributed by atoms with van der Waals surface area (Å²) >= 11 is 5.79. The summed E-state index contributed by atoms with van der Waals surface area (Å²) in [5, 5.41) is 3.68. The van der Waals surface area contributed by atoms with E-state index >= 15 is 0 Å². The Kier molecular flexibility index (Phi) is 3.04. The van der Waals surface area contributed by atoms with Gasteiger partial charge in [0.05, 0.1) is 11.6 Å². The van der Waals surface area contributed by atoms with E-state index in [1.54, 1.807) is 6.20 Å². The molecule has 1 aromatic rings. The second-order valence-electron chi connectivity index (χ2n) is 4.48. The van der Waals surface area contributed by atoms with Crippen LogP contribution in [0.3, 0.4) is 0 Å². The third-order valence-corrected chi connectivity index (χ3v) is 3.41. The summed E-state index contributed by atoms with van der Waals surface area (Å²) in [6, 6.07) is 0. The molecule has 1 aliphatic rings. The van der Waals surface area contributed by atoms with Crippen LogP contribution >= 0.6 is 11.6 Å². The highest BCUT2D eigenvalue weighted by Crippen LogP contribution is 2.29. The normalized spacial score (nSPS) is 29.4. The molecule has 5 heteroatoms. The molecule has 2 rings (SSSR count). The topological polar surface area (TPSA) is 47.0 Å². The van der Waals surface area contributed by atoms with Gasteiger partial charge in [0, 0.05) is 18.4 Å². The zero-order chi connectivity index (χ0) is 11.8. The Labute approximate surface area is 100 Å². The van der Waals surface area contributed by atoms with Gasteiger partial charge in [0.1, 0.15) is 5.82 Å². The molecule has 0 bridgehead atoms. The van der Waals surface area contributed by atoms with Crippen LogP contribution in [0, 0.1) is 6.92 Å². The Morgan fingerprint density at radius 2 is 2.38 bits per heavy atom. The van der Waals surface area contributed by atoms with Crippen molar-refractivity contribution >= 4 is 17.4 Å². The van der Waals surface area contributed by atoms with Crippen molar-refractivity contribution in [2.24, 2.45) is 0 Å². The van der Waals surface area contributed by atoms with Crippen molar-refractivity contribution in [2.45, 2.75) is 38.8 Å². The number of hydrogen-bond donors (Lipinski definition) is 1. The summed E-state index contributed by atoms with van der Waals surface area (Å²) in [5.74, 6) is 0.792. The monoisotopic (exact) mass is 241 g/mol. The highest BCUT2D eigenvalue weighted by atomic mass is 35.5. The van der Waals surface area contributed by atoms with Crippen LogP contribution in [0.4, 0.5) is 5.82 Å². The third kappa shape index (κ3) is 2.13. The van der Waals surface area contributed by atoms with E-state index in [0.717, 1.165) is 24.4 Å². The van der Waals surface area contributed by atoms with E-state index in [4.69, 9.17) is 16.3 Å². The molecule has 0 amide bonds. The van der Waals surface area contributed by atoms with E-state index < -0.39 is 0 Å². The van der Waals surface area contributed by atoms with Crippen LogP contribution < -0.4 is 5.32 Å². The summed E-state index contributed by atoms with van der Waals surface area (Å²) in [4.78, 5) is 8.14. The smallest absolute Gasteiger partial charge is 0.224 e. The molecule has 1 saturated heterocycles. The summed E-state index contributed by atoms with van der Waals surface area (Å²) in [6.07, 6.45) is 2.86. The molecule has 1 aliphatic heterocycles. The molecular formula is C11H16ClN3O. The van der Waals surface area contributed by atoms with Crippen molar-refractivity contribution in [2.75, 3.05) is 11.9 Å². The fourth-order valence-electron chi connectivity index (χ4n) is 1.82. The molecule has 4 nitrogen and oxygen atoms in total. The Hall–Kier alpha value is -0.870. The summed E-state index contributed by atoms with van der Waals surface area (Å²) in [6.45, 7) is 6.95. The van der Waals surface area contributed by atoms with E-state index in [1.807, 2.05) is 6.92 Å². The van der Waals surface area contributed by atoms with Gasteiger partial charge in [-0.15, -0.1) is 0 Å². The standard InChI is InChI=1S/C11H16ClN3O/c1-7-6-13-10(12)14-9(7)15-11(3)4-5-16-8(11)2/h6,8H,4-5H2,1-3H3,(H,13,14,15). The van der Waals surface area contributed by atoms with Crippen molar-refractivity contribution in [3.63, 3.8) is 0 Å². The quantitative estimate of drug-likeness (QED) is 0.808. The van der Waals surface area contributed by atoms with E-state index in [2.05, 4.69) is 29.1 Å². The van der Waals surface area contributed by atoms with Gasteiger partial charge < -0.3 is 10.1 Å². The first kappa shape index (κ1) is 11.6. The van der Waals surface area contributed by atoms with Crippen LogP contribution in [-0.2, 0) is 4.74 Å². The van der Waals surface area contributed by atoms with Crippen LogP contribution in [0.5, 0.6) is 0 Å². The Morgan fingerprint density at radius 3 is 3.00 bits per heavy atom. The molecule has 1 N–H and O–H groups in total. The van der Waals surface area contributed by atoms with E-state index in [1.165, 1.54) is 0 Å². The molecule has 1 aromatic heterocycles. The van der Waals surface area contributed by atoms with Crippen LogP contribution in [0.2, 0.25) is 5.28 Å². The van der Waals surface area contributed by atoms with Crippen LogP contribution in [0.1, 0.15) is 25.8 Å². The second kappa shape index (κ2) is 4.18. The fourth-order valence-corrected chi connectivity index (χ4v) is 1.95. The molecule has 2 atom stereocenters. The van der Waals surface area contributed by atoms with Crippen LogP contribution in [0.25, 0.3) is 0 Å². The lowest BCUT2D eigenvalue weighted by atomic mass is 9.94. The SMILES string of the molecule is Cc1cnc(Cl)nc1NC1(C)CCOC1C. The maximum Gasteiger partial charge on any atom is 0.224 e. The highest BCUT2D eigenvalue weighted by molar-refractivity contribution is 6.28. The molecule has 0 aliphatic carbocycles. The van der Waals surface area contributed by atoms with Crippen molar-refractivity contribution in [3.8, 4) is 0 Å². The number of aryl methyl sites for hydroxylation is 1. The fraction of sp³-hybridized carbons (Fsp3) is 0.636. The van der Waals surface area contributed by atoms with Gasteiger partial charge in [0.15, 0.2) is 0 Å². The van der Waals surface area contributed by atoms with Gasteiger partial charge >= 0.3 is 0 Å². The largest absolute Gasteiger partial charge is 0.376 e. The molecule has 16 heavy (non-hydrogen) atoms. The molecule has 0 radical (unpaired) electrons. The lowest BCUT2D eigenvalue weighted by Crippen LogP contribution is -2.41. The number of nitrogens with zero attached hydrogens (tertiary/aromatic N) is 2. The average Bonchev–Trinajstić information content (AvgIpc) is 2.53. The molecule has 88 valence electrons. The number of hydrogen-bond acceptors (Lipinski definition) is 4. The van der Waals surface area contributed by atoms with Gasteiger partial charge in [-0.1, -0.05) is 0 Å². The second-order valence-corrected chi connectivity index (χ2v) is 4.81. The number of rotatable bonds is 2. The van der Waals surface area contributed by atoms with E-state index in [0.29, 0.717) is 0 Å². The van der Waals surface area contributed by atoms with Crippen LogP contribution in [-0.4, -0.2) is 28.2 Å². The Balaban J connectivity index is 2.23. The maximum atomic E-state index is 5.79. The van der Waals surface area contributed by atoms with E-state index in [9.17, 15) is 0 Å². The first-order chi connectivity index (χ1) is 7.51. The zero-order valence-corrected chi connectivity index (χ0v) is 10.5. The molecule has 0 saturated carbocycles. The number of halogens is 1. The highest BCUT2D eigenvalue weighted by Gasteiger charge is 2.37. The summed E-state index contributed by atoms with van der Waals surface area (Å²) in [7, 11) is 0. The number of ether oxygens (including phenoxy) is 1. The van der Waals surface area contributed by atoms with Crippen LogP contribution in [0.15, 0.2) is 6.20 Å². The summed E-state index contributed by atoms with van der Waals surface area (Å²) in [5.41, 5.74) is 0.910. The lowest BCUT2D eigenvalue weighted by molar-refractivity contribution is 0.105. The van der Waals surface area contributed by atoms with E-state index in [-0.39, 0.29) is 16.9 Å². The minimum absolute atomic E-state index is 0.0809. The lowest BCUT2D eigenvalue weighted by Gasteiger charge is -2.30. The van der Waals surface area contributed by atoms with Gasteiger partial charge in [-0.05, 0) is 38.8 Å². The number of nitrogens with one attached hydrogen (secondary N) is 1. The number of aromatic nitrogens is 2. The van der Waals surface area contributed by atoms with Gasteiger partial charge in [0.25, 0.3) is 0 Å². The number of anilines is 1. The van der Waals surface area contributed by atoms with Gasteiger partial charge in [-0.25, -0.2) is 9.97 Å². The Morgan fingerprint density at radius 1 is 1.62 bits per heavy atom. The summed E-state index contributed by atoms with van der Waals surface area (Å²) < 4.78 is 5.57. The molecule has 0 spiro atoms. The molecule has 2 unspecified atom stereocenters. The van der Waals surface area contributed by atoms with Gasteiger partial charge in [-0.3, -0.25) is 0 Å². The van der Waals surface area contributed by atoms with Gasteiger partial charge in [-0.2, -0.15) is 0 Å². The van der Waals surface area contributed by atoms with Crippen molar-refractivity contribution in [1.29, 1.82) is 0 Å². The predicted octanol–water partition coefficient (Wildman–Crippen LogP) is 2.42. The molecular weight excluding hydrogens is 226 g/mol. The van der Waals surface area contributed by atoms with Gasteiger partial charge in [0.2, 0.25) is 5.28 Å². The average molecular weight is 242 g/mol. The molecule has 0 aromatic carbocycles. The zero-order valence-electron chi connectivity index (χ0n) is 9.75. The third-order valence-electron chi connectivity index (χ3n) is 3.23. The van der Waals surface area contributed by atoms with Crippen molar-refractivity contribution < 1.29 is 4.74 Å². The minimum atomic E-state index is -0.0809. The van der Waals surface area contributed by atoms with Crippen molar-refractivity contribution in [1.82, 2.24) is 9.97 Å². The van der Waals surface area contributed by atoms with Crippen molar-refractivity contribution in [3.05, 3.63) is 17.0 Å². The molecule has 1 fully saturated rings. The molecule has 2 heterocycles.